The van der Waals surface area contributed by atoms with Crippen LogP contribution in [-0.4, -0.2) is 117 Å². The average Bonchev–Trinajstić information content (AvgIpc) is 3.13. The molecular formula is C41H84N3O8PS. The average molecular weight is 810 g/mol. The number of hydrogen-bond acceptors (Lipinski definition) is 10. The molecule has 0 unspecified atom stereocenters. The molecule has 13 heteroatoms. The first-order chi connectivity index (χ1) is 26.2. The Hall–Kier alpha value is -0.690. The van der Waals surface area contributed by atoms with Gasteiger partial charge < -0.3 is 45.1 Å². The van der Waals surface area contributed by atoms with Gasteiger partial charge >= 0.3 is 0 Å². The fourth-order valence-corrected chi connectivity index (χ4v) is 7.27. The topological polar surface area (TPSA) is 162 Å². The van der Waals surface area contributed by atoms with E-state index < -0.39 is 13.4 Å². The summed E-state index contributed by atoms with van der Waals surface area (Å²) in [5, 5.41) is 6.02. The number of ether oxygens (including phenoxy) is 4. The Labute approximate surface area is 335 Å². The maximum atomic E-state index is 12.8. The summed E-state index contributed by atoms with van der Waals surface area (Å²) >= 11 is 1.57. The molecule has 0 aliphatic heterocycles. The van der Waals surface area contributed by atoms with Crippen LogP contribution in [0, 0.1) is 0 Å². The van der Waals surface area contributed by atoms with E-state index in [0.29, 0.717) is 70.7 Å². The van der Waals surface area contributed by atoms with E-state index in [9.17, 15) is 19.4 Å². The Balaban J connectivity index is 4.27. The lowest BCUT2D eigenvalue weighted by molar-refractivity contribution is -0.123. The van der Waals surface area contributed by atoms with Crippen molar-refractivity contribution < 1.29 is 38.3 Å². The van der Waals surface area contributed by atoms with Gasteiger partial charge in [-0.1, -0.05) is 142 Å². The number of carbonyl (C=O) groups is 2. The summed E-state index contributed by atoms with van der Waals surface area (Å²) in [5.74, 6) is 0.929. The molecule has 0 aliphatic carbocycles. The number of amides is 2. The van der Waals surface area contributed by atoms with Crippen molar-refractivity contribution in [1.29, 1.82) is 0 Å². The van der Waals surface area contributed by atoms with Gasteiger partial charge in [-0.3, -0.25) is 9.59 Å². The molecule has 0 saturated carbocycles. The van der Waals surface area contributed by atoms with E-state index in [2.05, 4.69) is 30.8 Å². The Morgan fingerprint density at radius 3 is 1.61 bits per heavy atom. The molecule has 322 valence electrons. The monoisotopic (exact) mass is 810 g/mol. The van der Waals surface area contributed by atoms with Crippen LogP contribution in [0.2, 0.25) is 0 Å². The Bertz CT molecular complexity index is 885. The molecule has 0 rings (SSSR count). The first kappa shape index (κ1) is 53.3. The second-order valence-electron chi connectivity index (χ2n) is 14.7. The summed E-state index contributed by atoms with van der Waals surface area (Å²) < 4.78 is 22.2. The van der Waals surface area contributed by atoms with Crippen LogP contribution in [0.3, 0.4) is 0 Å². The van der Waals surface area contributed by atoms with E-state index in [1.807, 2.05) is 0 Å². The van der Waals surface area contributed by atoms with Crippen LogP contribution in [0.4, 0.5) is 0 Å². The molecule has 0 aliphatic rings. The van der Waals surface area contributed by atoms with Crippen molar-refractivity contribution in [3.63, 3.8) is 0 Å². The normalized spacial score (nSPS) is 12.9. The molecule has 0 fully saturated rings. The van der Waals surface area contributed by atoms with Gasteiger partial charge in [0.15, 0.2) is 0 Å². The maximum Gasteiger partial charge on any atom is 0.237 e. The van der Waals surface area contributed by atoms with Gasteiger partial charge in [-0.05, 0) is 12.8 Å². The molecule has 6 N–H and O–H groups in total. The molecule has 0 aromatic carbocycles. The second kappa shape index (κ2) is 40.5. The number of thioether (sulfide) groups is 1. The van der Waals surface area contributed by atoms with Crippen LogP contribution < -0.4 is 16.4 Å². The number of nitrogens with two attached hydrogens (primary N) is 1. The van der Waals surface area contributed by atoms with Gasteiger partial charge in [0.25, 0.3) is 0 Å². The van der Waals surface area contributed by atoms with Gasteiger partial charge in [0, 0.05) is 37.2 Å². The quantitative estimate of drug-likeness (QED) is 0.0307. The van der Waals surface area contributed by atoms with Gasteiger partial charge in [0.05, 0.1) is 58.3 Å². The number of nitrogens with one attached hydrogen (secondary N) is 2. The van der Waals surface area contributed by atoms with E-state index in [-0.39, 0.29) is 30.6 Å². The molecule has 0 saturated heterocycles. The number of hydrogen-bond donors (Lipinski definition) is 5. The highest BCUT2D eigenvalue weighted by Gasteiger charge is 2.17. The minimum atomic E-state index is -3.04. The maximum absolute atomic E-state index is 12.8. The molecule has 0 spiro atoms. The Morgan fingerprint density at radius 1 is 0.630 bits per heavy atom. The van der Waals surface area contributed by atoms with Crippen molar-refractivity contribution in [1.82, 2.24) is 10.6 Å². The Morgan fingerprint density at radius 2 is 1.09 bits per heavy atom. The summed E-state index contributed by atoms with van der Waals surface area (Å²) in [6, 6.07) is -0.780. The summed E-state index contributed by atoms with van der Waals surface area (Å²) in [5.41, 5.74) is 6.18. The van der Waals surface area contributed by atoms with Crippen LogP contribution >= 0.6 is 19.1 Å². The van der Waals surface area contributed by atoms with Gasteiger partial charge in [-0.15, -0.1) is 0 Å². The van der Waals surface area contributed by atoms with Crippen molar-refractivity contribution in [3.8, 4) is 0 Å². The molecule has 0 aromatic rings. The van der Waals surface area contributed by atoms with Crippen molar-refractivity contribution in [3.05, 3.63) is 0 Å². The summed E-state index contributed by atoms with van der Waals surface area (Å²) in [6.07, 6.45) is 30.6. The predicted molar refractivity (Wildman–Crippen MR) is 230 cm³/mol. The fourth-order valence-electron chi connectivity index (χ4n) is 5.84. The lowest BCUT2D eigenvalue weighted by Gasteiger charge is -2.20. The number of unbranched alkanes of at least 4 members (excludes halogenated alkanes) is 19. The van der Waals surface area contributed by atoms with Crippen LogP contribution in [0.5, 0.6) is 0 Å². The van der Waals surface area contributed by atoms with Gasteiger partial charge in [-0.25, -0.2) is 0 Å². The minimum absolute atomic E-state index is 0.0759. The summed E-state index contributed by atoms with van der Waals surface area (Å²) in [4.78, 5) is 43.8. The molecule has 2 atom stereocenters. The second-order valence-corrected chi connectivity index (χ2v) is 18.0. The molecule has 0 aromatic heterocycles. The molecule has 54 heavy (non-hydrogen) atoms. The van der Waals surface area contributed by atoms with E-state index >= 15 is 0 Å². The number of rotatable bonds is 43. The smallest absolute Gasteiger partial charge is 0.237 e. The third kappa shape index (κ3) is 41.0. The summed E-state index contributed by atoms with van der Waals surface area (Å²) in [6.45, 7) is 8.11. The first-order valence-corrected chi connectivity index (χ1v) is 24.8. The van der Waals surface area contributed by atoms with E-state index in [1.54, 1.807) is 11.8 Å². The standard InChI is InChI=1S/C41H84N3O8PS/c1-4-6-8-10-12-14-16-17-19-21-23-25-40(45)44-38(35-52-27-24-22-20-18-15-13-11-9-7-5-2)36-54-37-39(42)41(46)43-26-28-49-29-30-50-31-32-51-33-34-53(3,47)48/h38-39,47-48H,3-37,42H2,1-2H3,(H,43,46)(H,44,45)/t38-,39+/m1/s1. The van der Waals surface area contributed by atoms with E-state index in [4.69, 9.17) is 24.7 Å². The zero-order chi connectivity index (χ0) is 39.8. The molecule has 11 nitrogen and oxygen atoms in total. The van der Waals surface area contributed by atoms with Crippen LogP contribution in [0.25, 0.3) is 0 Å². The van der Waals surface area contributed by atoms with Crippen molar-refractivity contribution >= 4 is 37.2 Å². The van der Waals surface area contributed by atoms with E-state index in [0.717, 1.165) is 19.3 Å². The van der Waals surface area contributed by atoms with Crippen LogP contribution in [-0.2, 0) is 28.5 Å². The highest BCUT2D eigenvalue weighted by Crippen LogP contribution is 2.32. The van der Waals surface area contributed by atoms with Gasteiger partial charge in [0.2, 0.25) is 11.8 Å². The molecule has 0 radical (unpaired) electrons. The molecular weight excluding hydrogens is 726 g/mol. The summed E-state index contributed by atoms with van der Waals surface area (Å²) in [7, 11) is -3.04. The van der Waals surface area contributed by atoms with Crippen molar-refractivity contribution in [2.45, 2.75) is 167 Å². The minimum Gasteiger partial charge on any atom is -0.379 e. The highest BCUT2D eigenvalue weighted by atomic mass is 32.2. The SMILES string of the molecule is C=P(O)(O)CCOCCOCCOCCNC(=O)[C@@H](N)CSC[C@@H](COCCCCCCCCCCCC)NC(=O)CCCCCCCCCCCCC. The van der Waals surface area contributed by atoms with Crippen molar-refractivity contribution in [2.24, 2.45) is 5.73 Å². The third-order valence-electron chi connectivity index (χ3n) is 9.17. The lowest BCUT2D eigenvalue weighted by atomic mass is 10.1. The van der Waals surface area contributed by atoms with Crippen molar-refractivity contribution in [2.75, 3.05) is 77.1 Å². The first-order valence-electron chi connectivity index (χ1n) is 21.6. The van der Waals surface area contributed by atoms with Crippen LogP contribution in [0.15, 0.2) is 0 Å². The van der Waals surface area contributed by atoms with E-state index in [1.165, 1.54) is 116 Å². The highest BCUT2D eigenvalue weighted by molar-refractivity contribution is 7.99. The van der Waals surface area contributed by atoms with Gasteiger partial charge in [0.1, 0.15) is 7.34 Å². The zero-order valence-electron chi connectivity index (χ0n) is 34.7. The van der Waals surface area contributed by atoms with Crippen LogP contribution in [0.1, 0.15) is 155 Å². The predicted octanol–water partition coefficient (Wildman–Crippen LogP) is 7.60. The largest absolute Gasteiger partial charge is 0.379 e. The molecule has 0 bridgehead atoms. The fraction of sp³-hybridized carbons (Fsp3) is 0.927. The third-order valence-corrected chi connectivity index (χ3v) is 11.3. The van der Waals surface area contributed by atoms with Gasteiger partial charge in [-0.2, -0.15) is 11.8 Å². The molecule has 2 amide bonds. The lowest BCUT2D eigenvalue weighted by Crippen LogP contribution is -2.44. The Kier molecular flexibility index (Phi) is 40.0. The zero-order valence-corrected chi connectivity index (χ0v) is 36.4. The molecule has 0 heterocycles. The number of carbonyl (C=O) groups excluding carboxylic acids is 2.